The molecule has 0 aliphatic heterocycles. The lowest BCUT2D eigenvalue weighted by Crippen LogP contribution is -2.31. The Labute approximate surface area is 115 Å². The van der Waals surface area contributed by atoms with Crippen LogP contribution in [0.1, 0.15) is 22.5 Å². The maximum atomic E-state index is 11.5. The molecule has 0 aliphatic rings. The summed E-state index contributed by atoms with van der Waals surface area (Å²) in [5.41, 5.74) is 0. The van der Waals surface area contributed by atoms with E-state index in [2.05, 4.69) is 15.4 Å². The predicted molar refractivity (Wildman–Crippen MR) is 70.9 cm³/mol. The molecule has 2 amide bonds. The Bertz CT molecular complexity index is 431. The summed E-state index contributed by atoms with van der Waals surface area (Å²) in [5, 5.41) is 6.97. The largest absolute Gasteiger partial charge is 0.468 e. The molecule has 0 atom stereocenters. The van der Waals surface area contributed by atoms with Gasteiger partial charge < -0.3 is 15.4 Å². The topological polar surface area (TPSA) is 84.5 Å². The summed E-state index contributed by atoms with van der Waals surface area (Å²) in [6.45, 7) is 0.291. The van der Waals surface area contributed by atoms with Crippen molar-refractivity contribution < 1.29 is 19.1 Å². The van der Waals surface area contributed by atoms with Crippen LogP contribution >= 0.6 is 11.3 Å². The van der Waals surface area contributed by atoms with Gasteiger partial charge in [0.25, 0.3) is 5.91 Å². The van der Waals surface area contributed by atoms with Crippen molar-refractivity contribution in [2.45, 2.75) is 12.8 Å². The van der Waals surface area contributed by atoms with Crippen molar-refractivity contribution >= 4 is 29.1 Å². The minimum Gasteiger partial charge on any atom is -0.468 e. The number of thiophene rings is 1. The average molecular weight is 284 g/mol. The molecular formula is C12H16N2O4S. The molecule has 1 aromatic rings. The van der Waals surface area contributed by atoms with Crippen LogP contribution in [0.5, 0.6) is 0 Å². The number of hydrogen-bond acceptors (Lipinski definition) is 5. The van der Waals surface area contributed by atoms with Gasteiger partial charge >= 0.3 is 5.97 Å². The molecule has 1 heterocycles. The normalized spacial score (nSPS) is 9.74. The van der Waals surface area contributed by atoms with Crippen molar-refractivity contribution in [1.29, 1.82) is 0 Å². The Hall–Kier alpha value is -1.89. The van der Waals surface area contributed by atoms with Crippen LogP contribution in [-0.2, 0) is 14.3 Å². The maximum Gasteiger partial charge on any atom is 0.325 e. The molecule has 0 saturated heterocycles. The Morgan fingerprint density at radius 1 is 1.32 bits per heavy atom. The molecule has 2 N–H and O–H groups in total. The fourth-order valence-electron chi connectivity index (χ4n) is 1.28. The van der Waals surface area contributed by atoms with Crippen molar-refractivity contribution in [3.05, 3.63) is 22.4 Å². The van der Waals surface area contributed by atoms with E-state index in [1.165, 1.54) is 18.4 Å². The van der Waals surface area contributed by atoms with Crippen LogP contribution in [0, 0.1) is 0 Å². The van der Waals surface area contributed by atoms with Crippen molar-refractivity contribution in [2.75, 3.05) is 20.2 Å². The van der Waals surface area contributed by atoms with Crippen LogP contribution < -0.4 is 10.6 Å². The van der Waals surface area contributed by atoms with Gasteiger partial charge in [-0.15, -0.1) is 11.3 Å². The van der Waals surface area contributed by atoms with Gasteiger partial charge in [-0.3, -0.25) is 14.4 Å². The number of esters is 1. The van der Waals surface area contributed by atoms with Crippen molar-refractivity contribution in [3.63, 3.8) is 0 Å². The minimum atomic E-state index is -0.487. The van der Waals surface area contributed by atoms with Gasteiger partial charge in [0.05, 0.1) is 12.0 Å². The molecule has 6 nitrogen and oxygen atoms in total. The second-order valence-corrected chi connectivity index (χ2v) is 4.64. The monoisotopic (exact) mass is 284 g/mol. The van der Waals surface area contributed by atoms with Gasteiger partial charge in [0.2, 0.25) is 5.91 Å². The Balaban J connectivity index is 2.09. The lowest BCUT2D eigenvalue weighted by atomic mass is 10.3. The second-order valence-electron chi connectivity index (χ2n) is 3.69. The zero-order valence-electron chi connectivity index (χ0n) is 10.6. The highest BCUT2D eigenvalue weighted by Gasteiger charge is 2.07. The summed E-state index contributed by atoms with van der Waals surface area (Å²) in [7, 11) is 1.26. The van der Waals surface area contributed by atoms with Crippen molar-refractivity contribution in [2.24, 2.45) is 0 Å². The van der Waals surface area contributed by atoms with E-state index in [0.717, 1.165) is 0 Å². The molecule has 0 aromatic carbocycles. The van der Waals surface area contributed by atoms with E-state index in [-0.39, 0.29) is 24.8 Å². The van der Waals surface area contributed by atoms with Gasteiger partial charge in [-0.25, -0.2) is 0 Å². The fraction of sp³-hybridized carbons (Fsp3) is 0.417. The van der Waals surface area contributed by atoms with E-state index in [9.17, 15) is 14.4 Å². The maximum absolute atomic E-state index is 11.5. The van der Waals surface area contributed by atoms with Crippen LogP contribution in [0.15, 0.2) is 17.5 Å². The number of rotatable bonds is 7. The molecule has 104 valence electrons. The molecule has 1 aromatic heterocycles. The zero-order chi connectivity index (χ0) is 14.1. The van der Waals surface area contributed by atoms with E-state index in [1.807, 2.05) is 5.38 Å². The SMILES string of the molecule is COC(=O)CNC(=O)CCCNC(=O)c1cccs1. The Kier molecular flexibility index (Phi) is 6.59. The number of carbonyl (C=O) groups excluding carboxylic acids is 3. The first-order valence-corrected chi connectivity index (χ1v) is 6.66. The van der Waals surface area contributed by atoms with E-state index in [1.54, 1.807) is 12.1 Å². The van der Waals surface area contributed by atoms with Gasteiger partial charge in [-0.1, -0.05) is 6.07 Å². The van der Waals surface area contributed by atoms with Crippen molar-refractivity contribution in [3.8, 4) is 0 Å². The average Bonchev–Trinajstić information content (AvgIpc) is 2.94. The molecule has 0 spiro atoms. The van der Waals surface area contributed by atoms with E-state index in [0.29, 0.717) is 17.8 Å². The number of nitrogens with one attached hydrogen (secondary N) is 2. The van der Waals surface area contributed by atoms with Gasteiger partial charge in [0, 0.05) is 13.0 Å². The molecule has 0 radical (unpaired) electrons. The fourth-order valence-corrected chi connectivity index (χ4v) is 1.92. The Morgan fingerprint density at radius 2 is 2.11 bits per heavy atom. The first-order valence-electron chi connectivity index (χ1n) is 5.78. The number of amides is 2. The number of hydrogen-bond donors (Lipinski definition) is 2. The molecule has 0 bridgehead atoms. The number of methoxy groups -OCH3 is 1. The summed E-state index contributed by atoms with van der Waals surface area (Å²) in [4.78, 5) is 34.3. The number of carbonyl (C=O) groups is 3. The first kappa shape index (κ1) is 15.2. The summed E-state index contributed by atoms with van der Waals surface area (Å²) in [6, 6.07) is 3.54. The summed E-state index contributed by atoms with van der Waals surface area (Å²) >= 11 is 1.37. The standard InChI is InChI=1S/C12H16N2O4S/c1-18-11(16)8-14-10(15)5-2-6-13-12(17)9-4-3-7-19-9/h3-4,7H,2,5-6,8H2,1H3,(H,13,17)(H,14,15). The van der Waals surface area contributed by atoms with E-state index >= 15 is 0 Å². The molecule has 0 aliphatic carbocycles. The number of ether oxygens (including phenoxy) is 1. The van der Waals surface area contributed by atoms with Gasteiger partial charge in [-0.05, 0) is 17.9 Å². The van der Waals surface area contributed by atoms with Crippen LogP contribution in [0.3, 0.4) is 0 Å². The smallest absolute Gasteiger partial charge is 0.325 e. The highest BCUT2D eigenvalue weighted by molar-refractivity contribution is 7.12. The third kappa shape index (κ3) is 6.01. The quantitative estimate of drug-likeness (QED) is 0.565. The molecular weight excluding hydrogens is 268 g/mol. The molecule has 0 saturated carbocycles. The third-order valence-electron chi connectivity index (χ3n) is 2.27. The van der Waals surface area contributed by atoms with Gasteiger partial charge in [0.1, 0.15) is 6.54 Å². The second kappa shape index (κ2) is 8.25. The predicted octanol–water partition coefficient (Wildman–Crippen LogP) is 0.547. The molecule has 0 unspecified atom stereocenters. The lowest BCUT2D eigenvalue weighted by molar-refractivity contribution is -0.141. The van der Waals surface area contributed by atoms with Crippen LogP contribution in [-0.4, -0.2) is 38.0 Å². The van der Waals surface area contributed by atoms with Crippen LogP contribution in [0.2, 0.25) is 0 Å². The minimum absolute atomic E-state index is 0.128. The third-order valence-corrected chi connectivity index (χ3v) is 3.14. The molecule has 0 fully saturated rings. The van der Waals surface area contributed by atoms with Crippen LogP contribution in [0.4, 0.5) is 0 Å². The first-order chi connectivity index (χ1) is 9.13. The summed E-state index contributed by atoms with van der Waals surface area (Å²) in [6.07, 6.45) is 0.770. The highest BCUT2D eigenvalue weighted by Crippen LogP contribution is 2.07. The van der Waals surface area contributed by atoms with E-state index < -0.39 is 5.97 Å². The van der Waals surface area contributed by atoms with Gasteiger partial charge in [0.15, 0.2) is 0 Å². The molecule has 7 heteroatoms. The summed E-state index contributed by atoms with van der Waals surface area (Å²) < 4.78 is 4.39. The lowest BCUT2D eigenvalue weighted by Gasteiger charge is -2.05. The highest BCUT2D eigenvalue weighted by atomic mass is 32.1. The van der Waals surface area contributed by atoms with Gasteiger partial charge in [-0.2, -0.15) is 0 Å². The zero-order valence-corrected chi connectivity index (χ0v) is 11.4. The van der Waals surface area contributed by atoms with Crippen LogP contribution in [0.25, 0.3) is 0 Å². The summed E-state index contributed by atoms with van der Waals surface area (Å²) in [5.74, 6) is -0.861. The molecule has 19 heavy (non-hydrogen) atoms. The van der Waals surface area contributed by atoms with E-state index in [4.69, 9.17) is 0 Å². The Morgan fingerprint density at radius 3 is 2.74 bits per heavy atom. The molecule has 1 rings (SSSR count). The van der Waals surface area contributed by atoms with Crippen molar-refractivity contribution in [1.82, 2.24) is 10.6 Å².